The fourth-order valence-corrected chi connectivity index (χ4v) is 2.65. The van der Waals surface area contributed by atoms with Gasteiger partial charge in [0.2, 0.25) is 0 Å². The Bertz CT molecular complexity index is 203. The third-order valence-corrected chi connectivity index (χ3v) is 4.05. The Morgan fingerprint density at radius 2 is 1.65 bits per heavy atom. The zero-order valence-corrected chi connectivity index (χ0v) is 11.6. The number of alkyl halides is 5. The van der Waals surface area contributed by atoms with E-state index in [0.29, 0.717) is 30.5 Å². The van der Waals surface area contributed by atoms with Gasteiger partial charge in [-0.1, -0.05) is 13.8 Å². The van der Waals surface area contributed by atoms with Crippen molar-refractivity contribution in [2.75, 3.05) is 25.0 Å². The molecule has 0 aliphatic carbocycles. The monoisotopic (exact) mass is 294 g/mol. The molecule has 17 heavy (non-hydrogen) atoms. The molecule has 0 aliphatic heterocycles. The minimum atomic E-state index is -4.26. The third-order valence-electron chi connectivity index (χ3n) is 2.99. The summed E-state index contributed by atoms with van der Waals surface area (Å²) in [5.74, 6) is 1.11. The molecule has 0 aromatic rings. The van der Waals surface area contributed by atoms with Gasteiger partial charge in [0, 0.05) is 18.4 Å². The Morgan fingerprint density at radius 3 is 2.00 bits per heavy atom. The fourth-order valence-electron chi connectivity index (χ4n) is 1.48. The number of ether oxygens (including phenoxy) is 1. The second kappa shape index (κ2) is 7.70. The van der Waals surface area contributed by atoms with Gasteiger partial charge in [0.25, 0.3) is 0 Å². The van der Waals surface area contributed by atoms with Gasteiger partial charge in [0.05, 0.1) is 0 Å². The first-order valence-corrected chi connectivity index (χ1v) is 6.61. The highest BCUT2D eigenvalue weighted by Crippen LogP contribution is 2.35. The molecule has 0 heterocycles. The van der Waals surface area contributed by atoms with Crippen LogP contribution in [-0.2, 0) is 4.74 Å². The standard InChI is InChI=1S/C11H19Cl2F3O/c1-9(2)10(6-12,7-13)4-3-5-17-8-11(14,15)16/h9H,3-8H2,1-2H3. The van der Waals surface area contributed by atoms with Crippen molar-refractivity contribution < 1.29 is 17.9 Å². The van der Waals surface area contributed by atoms with Crippen molar-refractivity contribution in [2.45, 2.75) is 32.9 Å². The van der Waals surface area contributed by atoms with E-state index in [2.05, 4.69) is 4.74 Å². The molecule has 0 amide bonds. The first-order valence-electron chi connectivity index (χ1n) is 5.54. The van der Waals surface area contributed by atoms with Gasteiger partial charge in [0.1, 0.15) is 6.61 Å². The lowest BCUT2D eigenvalue weighted by atomic mass is 9.77. The second-order valence-electron chi connectivity index (χ2n) is 4.56. The molecule has 0 rings (SSSR count). The van der Waals surface area contributed by atoms with Crippen molar-refractivity contribution >= 4 is 23.2 Å². The molecule has 0 unspecified atom stereocenters. The molecule has 0 spiro atoms. The normalized spacial score (nSPS) is 13.4. The van der Waals surface area contributed by atoms with Gasteiger partial charge in [-0.2, -0.15) is 13.2 Å². The lowest BCUT2D eigenvalue weighted by molar-refractivity contribution is -0.174. The molecule has 0 atom stereocenters. The zero-order chi connectivity index (χ0) is 13.5. The van der Waals surface area contributed by atoms with Crippen LogP contribution in [0.5, 0.6) is 0 Å². The summed E-state index contributed by atoms with van der Waals surface area (Å²) >= 11 is 11.8. The van der Waals surface area contributed by atoms with E-state index < -0.39 is 12.8 Å². The summed E-state index contributed by atoms with van der Waals surface area (Å²) in [5, 5.41) is 0. The van der Waals surface area contributed by atoms with Crippen LogP contribution < -0.4 is 0 Å². The lowest BCUT2D eigenvalue weighted by Gasteiger charge is -2.34. The van der Waals surface area contributed by atoms with Crippen molar-refractivity contribution in [3.63, 3.8) is 0 Å². The summed E-state index contributed by atoms with van der Waals surface area (Å²) in [6.07, 6.45) is -3.04. The topological polar surface area (TPSA) is 9.23 Å². The van der Waals surface area contributed by atoms with E-state index in [1.807, 2.05) is 13.8 Å². The molecule has 104 valence electrons. The maximum Gasteiger partial charge on any atom is 0.411 e. The number of halogens is 5. The summed E-state index contributed by atoms with van der Waals surface area (Å²) in [6, 6.07) is 0. The third kappa shape index (κ3) is 6.73. The van der Waals surface area contributed by atoms with Crippen molar-refractivity contribution in [1.29, 1.82) is 0 Å². The molecular formula is C11H19Cl2F3O. The smallest absolute Gasteiger partial charge is 0.372 e. The average Bonchev–Trinajstić information content (AvgIpc) is 2.22. The molecule has 0 radical (unpaired) electrons. The molecule has 6 heteroatoms. The first kappa shape index (κ1) is 17.3. The molecule has 0 saturated carbocycles. The Labute approximate surface area is 111 Å². The van der Waals surface area contributed by atoms with E-state index in [4.69, 9.17) is 23.2 Å². The van der Waals surface area contributed by atoms with Gasteiger partial charge in [0.15, 0.2) is 0 Å². The molecule has 0 N–H and O–H groups in total. The molecular weight excluding hydrogens is 276 g/mol. The Morgan fingerprint density at radius 1 is 1.12 bits per heavy atom. The number of hydrogen-bond donors (Lipinski definition) is 0. The Balaban J connectivity index is 3.92. The van der Waals surface area contributed by atoms with Gasteiger partial charge in [-0.05, 0) is 24.2 Å². The average molecular weight is 295 g/mol. The van der Waals surface area contributed by atoms with Crippen LogP contribution in [0.3, 0.4) is 0 Å². The highest BCUT2D eigenvalue weighted by Gasteiger charge is 2.32. The molecule has 0 aromatic carbocycles. The maximum atomic E-state index is 11.8. The molecule has 0 saturated heterocycles. The van der Waals surface area contributed by atoms with Crippen LogP contribution in [0.1, 0.15) is 26.7 Å². The van der Waals surface area contributed by atoms with Crippen molar-refractivity contribution in [2.24, 2.45) is 11.3 Å². The fraction of sp³-hybridized carbons (Fsp3) is 1.00. The SMILES string of the molecule is CC(C)C(CCl)(CCl)CCCOCC(F)(F)F. The predicted molar refractivity (Wildman–Crippen MR) is 64.8 cm³/mol. The van der Waals surface area contributed by atoms with E-state index >= 15 is 0 Å². The van der Waals surface area contributed by atoms with Gasteiger partial charge >= 0.3 is 6.18 Å². The van der Waals surface area contributed by atoms with E-state index in [-0.39, 0.29) is 12.0 Å². The Hall–Kier alpha value is 0.330. The van der Waals surface area contributed by atoms with Crippen LogP contribution in [0.4, 0.5) is 13.2 Å². The van der Waals surface area contributed by atoms with E-state index in [9.17, 15) is 13.2 Å². The highest BCUT2D eigenvalue weighted by atomic mass is 35.5. The molecule has 1 nitrogen and oxygen atoms in total. The molecule has 0 fully saturated rings. The molecule has 0 aromatic heterocycles. The lowest BCUT2D eigenvalue weighted by Crippen LogP contribution is -2.32. The van der Waals surface area contributed by atoms with Crippen molar-refractivity contribution in [3.05, 3.63) is 0 Å². The van der Waals surface area contributed by atoms with Gasteiger partial charge in [-0.3, -0.25) is 0 Å². The van der Waals surface area contributed by atoms with Gasteiger partial charge < -0.3 is 4.74 Å². The van der Waals surface area contributed by atoms with Crippen LogP contribution in [-0.4, -0.2) is 31.2 Å². The minimum Gasteiger partial charge on any atom is -0.372 e. The van der Waals surface area contributed by atoms with E-state index in [0.717, 1.165) is 0 Å². The molecule has 0 aliphatic rings. The quantitative estimate of drug-likeness (QED) is 0.474. The first-order chi connectivity index (χ1) is 7.77. The minimum absolute atomic E-state index is 0.0851. The second-order valence-corrected chi connectivity index (χ2v) is 5.09. The maximum absolute atomic E-state index is 11.8. The number of rotatable bonds is 8. The summed E-state index contributed by atoms with van der Waals surface area (Å²) in [4.78, 5) is 0. The van der Waals surface area contributed by atoms with Gasteiger partial charge in [-0.25, -0.2) is 0 Å². The summed E-state index contributed by atoms with van der Waals surface area (Å²) in [6.45, 7) is 2.92. The highest BCUT2D eigenvalue weighted by molar-refractivity contribution is 6.21. The van der Waals surface area contributed by atoms with E-state index in [1.54, 1.807) is 0 Å². The van der Waals surface area contributed by atoms with Crippen LogP contribution in [0.2, 0.25) is 0 Å². The Kier molecular flexibility index (Phi) is 7.85. The molecule has 0 bridgehead atoms. The van der Waals surface area contributed by atoms with Crippen LogP contribution in [0.15, 0.2) is 0 Å². The summed E-state index contributed by atoms with van der Waals surface area (Å²) in [5.41, 5.74) is -0.218. The zero-order valence-electron chi connectivity index (χ0n) is 10.1. The summed E-state index contributed by atoms with van der Waals surface area (Å²) < 4.78 is 40.0. The van der Waals surface area contributed by atoms with Crippen molar-refractivity contribution in [1.82, 2.24) is 0 Å². The largest absolute Gasteiger partial charge is 0.411 e. The van der Waals surface area contributed by atoms with Crippen LogP contribution in [0.25, 0.3) is 0 Å². The van der Waals surface area contributed by atoms with Crippen LogP contribution in [0, 0.1) is 11.3 Å². The number of hydrogen-bond acceptors (Lipinski definition) is 1. The van der Waals surface area contributed by atoms with Crippen molar-refractivity contribution in [3.8, 4) is 0 Å². The summed E-state index contributed by atoms with van der Waals surface area (Å²) in [7, 11) is 0. The van der Waals surface area contributed by atoms with E-state index in [1.165, 1.54) is 0 Å². The van der Waals surface area contributed by atoms with Gasteiger partial charge in [-0.15, -0.1) is 23.2 Å². The van der Waals surface area contributed by atoms with Crippen LogP contribution >= 0.6 is 23.2 Å². The predicted octanol–water partition coefficient (Wildman–Crippen LogP) is 4.47.